The largest absolute Gasteiger partial charge is 0.276 e. The van der Waals surface area contributed by atoms with Crippen LogP contribution in [0.4, 0.5) is 4.39 Å². The summed E-state index contributed by atoms with van der Waals surface area (Å²) in [6, 6.07) is 6.70. The van der Waals surface area contributed by atoms with Crippen LogP contribution in [0.3, 0.4) is 0 Å². The second kappa shape index (κ2) is 6.70. The molecule has 1 atom stereocenters. The molecule has 0 bridgehead atoms. The molecular weight excluding hydrogens is 263 g/mol. The predicted octanol–water partition coefficient (Wildman–Crippen LogP) is 1.73. The second-order valence-corrected chi connectivity index (χ2v) is 5.45. The lowest BCUT2D eigenvalue weighted by atomic mass is 10.1. The number of aromatic nitrogens is 2. The third kappa shape index (κ3) is 4.34. The maximum atomic E-state index is 13.1. The number of benzene rings is 1. The zero-order chi connectivity index (χ0) is 13.7. The molecule has 102 valence electrons. The summed E-state index contributed by atoms with van der Waals surface area (Å²) in [5.41, 5.74) is 3.92. The maximum absolute atomic E-state index is 13.1. The fourth-order valence-corrected chi connectivity index (χ4v) is 2.76. The molecule has 3 N–H and O–H groups in total. The summed E-state index contributed by atoms with van der Waals surface area (Å²) in [6.45, 7) is 0. The molecule has 2 aromatic rings. The van der Waals surface area contributed by atoms with E-state index in [0.717, 1.165) is 22.6 Å². The predicted molar refractivity (Wildman–Crippen MR) is 75.1 cm³/mol. The van der Waals surface area contributed by atoms with Crippen molar-refractivity contribution in [3.8, 4) is 0 Å². The van der Waals surface area contributed by atoms with Gasteiger partial charge in [0.2, 0.25) is 0 Å². The van der Waals surface area contributed by atoms with E-state index >= 15 is 0 Å². The molecule has 1 heterocycles. The minimum absolute atomic E-state index is 0.123. The lowest BCUT2D eigenvalue weighted by molar-refractivity contribution is 0.575. The fraction of sp³-hybridized carbons (Fsp3) is 0.308. The van der Waals surface area contributed by atoms with Gasteiger partial charge in [0.25, 0.3) is 0 Å². The first kappa shape index (κ1) is 14.0. The van der Waals surface area contributed by atoms with E-state index < -0.39 is 0 Å². The second-order valence-electron chi connectivity index (χ2n) is 4.36. The van der Waals surface area contributed by atoms with Gasteiger partial charge in [0.1, 0.15) is 5.82 Å². The molecule has 19 heavy (non-hydrogen) atoms. The summed E-state index contributed by atoms with van der Waals surface area (Å²) < 4.78 is 14.8. The highest BCUT2D eigenvalue weighted by atomic mass is 32.2. The van der Waals surface area contributed by atoms with Crippen LogP contribution < -0.4 is 11.3 Å². The van der Waals surface area contributed by atoms with Crippen LogP contribution in [0.15, 0.2) is 41.6 Å². The van der Waals surface area contributed by atoms with E-state index in [0.29, 0.717) is 0 Å². The van der Waals surface area contributed by atoms with Crippen molar-refractivity contribution in [2.45, 2.75) is 17.4 Å². The SMILES string of the molecule is Cn1cc(CC(CSc2cccc(F)c2)NN)cn1. The highest BCUT2D eigenvalue weighted by Gasteiger charge is 2.10. The van der Waals surface area contributed by atoms with Gasteiger partial charge in [-0.15, -0.1) is 11.8 Å². The van der Waals surface area contributed by atoms with Crippen molar-refractivity contribution in [2.75, 3.05) is 5.75 Å². The highest BCUT2D eigenvalue weighted by molar-refractivity contribution is 7.99. The summed E-state index contributed by atoms with van der Waals surface area (Å²) >= 11 is 1.58. The number of nitrogens with one attached hydrogen (secondary N) is 1. The average Bonchev–Trinajstić information content (AvgIpc) is 2.80. The smallest absolute Gasteiger partial charge is 0.124 e. The van der Waals surface area contributed by atoms with Crippen LogP contribution in [0.5, 0.6) is 0 Å². The van der Waals surface area contributed by atoms with Crippen molar-refractivity contribution in [1.82, 2.24) is 15.2 Å². The average molecular weight is 280 g/mol. The highest BCUT2D eigenvalue weighted by Crippen LogP contribution is 2.20. The molecule has 1 aromatic carbocycles. The van der Waals surface area contributed by atoms with Crippen molar-refractivity contribution in [1.29, 1.82) is 0 Å². The van der Waals surface area contributed by atoms with Gasteiger partial charge in [-0.1, -0.05) is 6.07 Å². The summed E-state index contributed by atoms with van der Waals surface area (Å²) in [4.78, 5) is 0.909. The van der Waals surface area contributed by atoms with Crippen LogP contribution >= 0.6 is 11.8 Å². The van der Waals surface area contributed by atoms with Crippen LogP contribution in [0.2, 0.25) is 0 Å². The van der Waals surface area contributed by atoms with Gasteiger partial charge in [0.15, 0.2) is 0 Å². The molecule has 0 spiro atoms. The van der Waals surface area contributed by atoms with Crippen LogP contribution in [0, 0.1) is 5.82 Å². The number of aryl methyl sites for hydroxylation is 1. The normalized spacial score (nSPS) is 12.6. The molecule has 0 aliphatic rings. The van der Waals surface area contributed by atoms with Crippen LogP contribution in [-0.2, 0) is 13.5 Å². The van der Waals surface area contributed by atoms with Gasteiger partial charge in [0, 0.05) is 29.9 Å². The van der Waals surface area contributed by atoms with Crippen LogP contribution in [0.1, 0.15) is 5.56 Å². The van der Waals surface area contributed by atoms with Gasteiger partial charge < -0.3 is 0 Å². The Kier molecular flexibility index (Phi) is 4.95. The van der Waals surface area contributed by atoms with Gasteiger partial charge in [0.05, 0.1) is 6.20 Å². The number of nitrogens with zero attached hydrogens (tertiary/aromatic N) is 2. The van der Waals surface area contributed by atoms with Crippen molar-refractivity contribution < 1.29 is 4.39 Å². The third-order valence-corrected chi connectivity index (χ3v) is 3.88. The first-order chi connectivity index (χ1) is 9.17. The zero-order valence-electron chi connectivity index (χ0n) is 10.7. The molecule has 4 nitrogen and oxygen atoms in total. The Balaban J connectivity index is 1.89. The van der Waals surface area contributed by atoms with E-state index in [-0.39, 0.29) is 11.9 Å². The maximum Gasteiger partial charge on any atom is 0.124 e. The van der Waals surface area contributed by atoms with Crippen molar-refractivity contribution >= 4 is 11.8 Å². The Morgan fingerprint density at radius 2 is 2.37 bits per heavy atom. The van der Waals surface area contributed by atoms with E-state index in [1.807, 2.05) is 25.5 Å². The topological polar surface area (TPSA) is 55.9 Å². The standard InChI is InChI=1S/C13H17FN4S/c1-18-8-10(7-16-18)5-12(17-15)9-19-13-4-2-3-11(14)6-13/h2-4,6-8,12,17H,5,9,15H2,1H3. The van der Waals surface area contributed by atoms with Crippen molar-refractivity contribution in [3.05, 3.63) is 48.0 Å². The van der Waals surface area contributed by atoms with E-state index in [2.05, 4.69) is 10.5 Å². The Morgan fingerprint density at radius 1 is 1.53 bits per heavy atom. The van der Waals surface area contributed by atoms with Crippen LogP contribution in [0.25, 0.3) is 0 Å². The number of halogens is 1. The third-order valence-electron chi connectivity index (χ3n) is 2.72. The van der Waals surface area contributed by atoms with Crippen molar-refractivity contribution in [3.63, 3.8) is 0 Å². The number of thioether (sulfide) groups is 1. The number of hydrogen-bond acceptors (Lipinski definition) is 4. The van der Waals surface area contributed by atoms with Gasteiger partial charge in [-0.2, -0.15) is 5.10 Å². The quantitative estimate of drug-likeness (QED) is 0.481. The summed E-state index contributed by atoms with van der Waals surface area (Å²) in [5, 5.41) is 4.13. The fourth-order valence-electron chi connectivity index (χ4n) is 1.78. The monoisotopic (exact) mass is 280 g/mol. The molecule has 2 rings (SSSR count). The number of nitrogens with two attached hydrogens (primary N) is 1. The Labute approximate surface area is 116 Å². The molecule has 0 saturated carbocycles. The Morgan fingerprint density at radius 3 is 3.00 bits per heavy atom. The molecule has 0 aliphatic heterocycles. The minimum atomic E-state index is -0.213. The molecule has 6 heteroatoms. The van der Waals surface area contributed by atoms with E-state index in [9.17, 15) is 4.39 Å². The summed E-state index contributed by atoms with van der Waals surface area (Å²) in [5.74, 6) is 6.12. The molecule has 0 aliphatic carbocycles. The lowest BCUT2D eigenvalue weighted by Gasteiger charge is -2.14. The molecule has 0 saturated heterocycles. The van der Waals surface area contributed by atoms with Crippen molar-refractivity contribution in [2.24, 2.45) is 12.9 Å². The van der Waals surface area contributed by atoms with Gasteiger partial charge >= 0.3 is 0 Å². The molecular formula is C13H17FN4S. The Bertz CT molecular complexity index is 529. The van der Waals surface area contributed by atoms with E-state index in [4.69, 9.17) is 5.84 Å². The Hall–Kier alpha value is -1.37. The van der Waals surface area contributed by atoms with Crippen LogP contribution in [-0.4, -0.2) is 21.6 Å². The summed E-state index contributed by atoms with van der Waals surface area (Å²) in [7, 11) is 1.88. The van der Waals surface area contributed by atoms with E-state index in [1.165, 1.54) is 12.1 Å². The molecule has 1 aromatic heterocycles. The number of rotatable bonds is 6. The zero-order valence-corrected chi connectivity index (χ0v) is 11.5. The number of hydrogen-bond donors (Lipinski definition) is 2. The molecule has 0 amide bonds. The molecule has 1 unspecified atom stereocenters. The van der Waals surface area contributed by atoms with E-state index in [1.54, 1.807) is 22.5 Å². The first-order valence-electron chi connectivity index (χ1n) is 5.99. The first-order valence-corrected chi connectivity index (χ1v) is 6.98. The lowest BCUT2D eigenvalue weighted by Crippen LogP contribution is -2.38. The molecule has 0 fully saturated rings. The van der Waals surface area contributed by atoms with Gasteiger partial charge in [-0.25, -0.2) is 4.39 Å². The number of hydrazine groups is 1. The minimum Gasteiger partial charge on any atom is -0.276 e. The molecule has 0 radical (unpaired) electrons. The summed E-state index contributed by atoms with van der Waals surface area (Å²) in [6.07, 6.45) is 4.60. The van der Waals surface area contributed by atoms with Gasteiger partial charge in [-0.3, -0.25) is 16.0 Å². The van der Waals surface area contributed by atoms with Gasteiger partial charge in [-0.05, 0) is 30.2 Å².